The molecule has 0 aliphatic heterocycles. The Morgan fingerprint density at radius 1 is 1.25 bits per heavy atom. The molecule has 0 atom stereocenters. The maximum absolute atomic E-state index is 12.4. The third-order valence-corrected chi connectivity index (χ3v) is 3.63. The molecule has 1 amide bonds. The van der Waals surface area contributed by atoms with Crippen LogP contribution in [0.25, 0.3) is 0 Å². The fourth-order valence-corrected chi connectivity index (χ4v) is 2.43. The molecule has 0 aliphatic rings. The molecule has 1 N–H and O–H groups in total. The van der Waals surface area contributed by atoms with Crippen molar-refractivity contribution < 1.29 is 27.8 Å². The Hall–Kier alpha value is -2.22. The minimum Gasteiger partial charge on any atom is -0.507 e. The molecule has 0 fully saturated rings. The van der Waals surface area contributed by atoms with E-state index in [4.69, 9.17) is 0 Å². The monoisotopic (exact) mass is 403 g/mol. The number of carbonyl (C=O) groups excluding carboxylic acids is 1. The Kier molecular flexibility index (Phi) is 5.38. The molecule has 128 valence electrons. The number of benzene rings is 2. The average Bonchev–Trinajstić information content (AvgIpc) is 2.49. The van der Waals surface area contributed by atoms with Gasteiger partial charge in [0.2, 0.25) is 0 Å². The van der Waals surface area contributed by atoms with E-state index in [0.717, 1.165) is 0 Å². The zero-order valence-corrected chi connectivity index (χ0v) is 14.1. The summed E-state index contributed by atoms with van der Waals surface area (Å²) in [6.45, 7) is -0.114. The van der Waals surface area contributed by atoms with Crippen molar-refractivity contribution in [1.82, 2.24) is 4.90 Å². The zero-order chi connectivity index (χ0) is 17.9. The summed E-state index contributed by atoms with van der Waals surface area (Å²) >= 11 is 3.20. The first-order valence-electron chi connectivity index (χ1n) is 6.75. The van der Waals surface area contributed by atoms with Gasteiger partial charge in [0.25, 0.3) is 5.91 Å². The molecular weight excluding hydrogens is 391 g/mol. The molecule has 0 aromatic heterocycles. The van der Waals surface area contributed by atoms with E-state index >= 15 is 0 Å². The predicted octanol–water partition coefficient (Wildman–Crippen LogP) is 4.33. The first-order valence-corrected chi connectivity index (χ1v) is 7.54. The summed E-state index contributed by atoms with van der Waals surface area (Å²) in [7, 11) is 1.42. The van der Waals surface area contributed by atoms with E-state index in [2.05, 4.69) is 20.7 Å². The van der Waals surface area contributed by atoms with Crippen LogP contribution in [-0.2, 0) is 6.54 Å². The molecule has 0 saturated carbocycles. The Labute approximate surface area is 144 Å². The van der Waals surface area contributed by atoms with Crippen molar-refractivity contribution >= 4 is 21.8 Å². The summed E-state index contributed by atoms with van der Waals surface area (Å²) in [5.41, 5.74) is 0.237. The van der Waals surface area contributed by atoms with E-state index in [1.165, 1.54) is 42.3 Å². The Balaban J connectivity index is 2.22. The lowest BCUT2D eigenvalue weighted by Crippen LogP contribution is -2.27. The van der Waals surface area contributed by atoms with Crippen LogP contribution in [0.2, 0.25) is 0 Å². The summed E-state index contributed by atoms with van der Waals surface area (Å²) in [5.74, 6) is -1.12. The highest BCUT2D eigenvalue weighted by Crippen LogP contribution is 2.28. The van der Waals surface area contributed by atoms with E-state index in [1.54, 1.807) is 12.1 Å². The number of alkyl halides is 3. The van der Waals surface area contributed by atoms with Crippen molar-refractivity contribution in [3.8, 4) is 11.5 Å². The van der Waals surface area contributed by atoms with Gasteiger partial charge in [-0.15, -0.1) is 13.2 Å². The fraction of sp³-hybridized carbons (Fsp3) is 0.188. The quantitative estimate of drug-likeness (QED) is 0.826. The number of para-hydroxylation sites is 1. The van der Waals surface area contributed by atoms with Gasteiger partial charge in [-0.3, -0.25) is 4.79 Å². The molecule has 0 heterocycles. The number of ether oxygens (including phenoxy) is 1. The Morgan fingerprint density at radius 3 is 2.58 bits per heavy atom. The van der Waals surface area contributed by atoms with Crippen LogP contribution in [0.1, 0.15) is 15.9 Å². The number of hydrogen-bond acceptors (Lipinski definition) is 3. The lowest BCUT2D eigenvalue weighted by molar-refractivity contribution is -0.274. The number of phenolic OH excluding ortho intramolecular Hbond substituents is 1. The van der Waals surface area contributed by atoms with Crippen LogP contribution in [0.5, 0.6) is 11.5 Å². The highest BCUT2D eigenvalue weighted by atomic mass is 79.9. The Bertz CT molecular complexity index is 750. The number of nitrogens with zero attached hydrogens (tertiary/aromatic N) is 1. The van der Waals surface area contributed by atoms with Gasteiger partial charge in [0.15, 0.2) is 0 Å². The Morgan fingerprint density at radius 2 is 1.92 bits per heavy atom. The second kappa shape index (κ2) is 7.12. The minimum atomic E-state index is -4.82. The van der Waals surface area contributed by atoms with E-state index < -0.39 is 12.3 Å². The van der Waals surface area contributed by atoms with Gasteiger partial charge >= 0.3 is 6.36 Å². The summed E-state index contributed by atoms with van der Waals surface area (Å²) in [5, 5.41) is 9.79. The molecule has 2 aromatic carbocycles. The van der Waals surface area contributed by atoms with Gasteiger partial charge in [-0.25, -0.2) is 0 Å². The number of phenols is 1. The normalized spacial score (nSPS) is 11.2. The SMILES string of the molecule is CN(Cc1ccccc1OC(F)(F)F)C(=O)c1cc(Br)ccc1O. The molecule has 8 heteroatoms. The minimum absolute atomic E-state index is 0.0427. The van der Waals surface area contributed by atoms with Crippen molar-refractivity contribution in [3.05, 3.63) is 58.1 Å². The number of halogens is 4. The highest BCUT2D eigenvalue weighted by molar-refractivity contribution is 9.10. The van der Waals surface area contributed by atoms with Crippen LogP contribution in [0.4, 0.5) is 13.2 Å². The van der Waals surface area contributed by atoms with E-state index in [1.807, 2.05) is 0 Å². The summed E-state index contributed by atoms with van der Waals surface area (Å²) in [6.07, 6.45) is -4.82. The van der Waals surface area contributed by atoms with Crippen molar-refractivity contribution in [1.29, 1.82) is 0 Å². The molecule has 0 saturated heterocycles. The molecular formula is C16H13BrF3NO3. The van der Waals surface area contributed by atoms with Crippen molar-refractivity contribution in [2.45, 2.75) is 12.9 Å². The van der Waals surface area contributed by atoms with Crippen LogP contribution in [0.3, 0.4) is 0 Å². The van der Waals surface area contributed by atoms with Gasteiger partial charge in [0, 0.05) is 23.6 Å². The standard InChI is InChI=1S/C16H13BrF3NO3/c1-21(15(23)12-8-11(17)6-7-13(12)22)9-10-4-2-3-5-14(10)24-16(18,19)20/h2-8,22H,9H2,1H3. The smallest absolute Gasteiger partial charge is 0.507 e. The van der Waals surface area contributed by atoms with E-state index in [9.17, 15) is 23.1 Å². The van der Waals surface area contributed by atoms with Crippen molar-refractivity contribution in [3.63, 3.8) is 0 Å². The van der Waals surface area contributed by atoms with Gasteiger partial charge in [-0.2, -0.15) is 0 Å². The lowest BCUT2D eigenvalue weighted by Gasteiger charge is -2.20. The van der Waals surface area contributed by atoms with Gasteiger partial charge in [-0.05, 0) is 24.3 Å². The second-order valence-corrected chi connectivity index (χ2v) is 5.89. The topological polar surface area (TPSA) is 49.8 Å². The predicted molar refractivity (Wildman–Crippen MR) is 84.7 cm³/mol. The van der Waals surface area contributed by atoms with Crippen molar-refractivity contribution in [2.75, 3.05) is 7.05 Å². The van der Waals surface area contributed by atoms with Crippen LogP contribution in [0.15, 0.2) is 46.9 Å². The zero-order valence-electron chi connectivity index (χ0n) is 12.5. The van der Waals surface area contributed by atoms with E-state index in [0.29, 0.717) is 4.47 Å². The van der Waals surface area contributed by atoms with Gasteiger partial charge in [0.05, 0.1) is 5.56 Å². The van der Waals surface area contributed by atoms with Crippen LogP contribution >= 0.6 is 15.9 Å². The molecule has 0 unspecified atom stereocenters. The van der Waals surface area contributed by atoms with E-state index in [-0.39, 0.29) is 29.2 Å². The number of amides is 1. The summed E-state index contributed by atoms with van der Waals surface area (Å²) < 4.78 is 41.9. The van der Waals surface area contributed by atoms with Gasteiger partial charge < -0.3 is 14.7 Å². The molecule has 4 nitrogen and oxygen atoms in total. The van der Waals surface area contributed by atoms with Crippen LogP contribution in [0, 0.1) is 0 Å². The molecule has 0 bridgehead atoms. The van der Waals surface area contributed by atoms with Crippen LogP contribution in [-0.4, -0.2) is 29.3 Å². The highest BCUT2D eigenvalue weighted by Gasteiger charge is 2.32. The molecule has 0 aliphatic carbocycles. The second-order valence-electron chi connectivity index (χ2n) is 4.98. The third kappa shape index (κ3) is 4.64. The van der Waals surface area contributed by atoms with Gasteiger partial charge in [0.1, 0.15) is 11.5 Å². The molecule has 24 heavy (non-hydrogen) atoms. The largest absolute Gasteiger partial charge is 0.573 e. The molecule has 2 aromatic rings. The van der Waals surface area contributed by atoms with Gasteiger partial charge in [-0.1, -0.05) is 34.1 Å². The first kappa shape index (κ1) is 18.1. The lowest BCUT2D eigenvalue weighted by atomic mass is 10.1. The number of rotatable bonds is 4. The van der Waals surface area contributed by atoms with Crippen molar-refractivity contribution in [2.24, 2.45) is 0 Å². The molecule has 0 radical (unpaired) electrons. The van der Waals surface area contributed by atoms with Crippen LogP contribution < -0.4 is 4.74 Å². The molecule has 2 rings (SSSR count). The fourth-order valence-electron chi connectivity index (χ4n) is 2.07. The first-order chi connectivity index (χ1) is 11.2. The molecule has 0 spiro atoms. The number of aromatic hydroxyl groups is 1. The third-order valence-electron chi connectivity index (χ3n) is 3.14. The summed E-state index contributed by atoms with van der Waals surface area (Å²) in [4.78, 5) is 13.6. The maximum Gasteiger partial charge on any atom is 0.573 e. The maximum atomic E-state index is 12.4. The number of carbonyl (C=O) groups is 1. The average molecular weight is 404 g/mol. The number of hydrogen-bond donors (Lipinski definition) is 1. The summed E-state index contributed by atoms with van der Waals surface area (Å²) in [6, 6.07) is 9.93.